The minimum Gasteiger partial charge on any atom is -0.484 e. The fourth-order valence-corrected chi connectivity index (χ4v) is 2.65. The molecule has 7 nitrogen and oxygen atoms in total. The Morgan fingerprint density at radius 2 is 1.54 bits per heavy atom. The van der Waals surface area contributed by atoms with Crippen molar-refractivity contribution in [1.29, 1.82) is 0 Å². The molecule has 10 heteroatoms. The molecule has 0 fully saturated rings. The van der Waals surface area contributed by atoms with Gasteiger partial charge in [0.2, 0.25) is 11.9 Å². The third kappa shape index (κ3) is 5.73. The molecule has 0 atom stereocenters. The zero-order valence-electron chi connectivity index (χ0n) is 14.8. The van der Waals surface area contributed by atoms with Crippen molar-refractivity contribution >= 4 is 11.9 Å². The molecule has 0 unspecified atom stereocenters. The first-order valence-electron chi connectivity index (χ1n) is 7.77. The highest BCUT2D eigenvalue weighted by Gasteiger charge is 2.29. The molecule has 4 N–H and O–H groups in total. The van der Waals surface area contributed by atoms with Crippen molar-refractivity contribution in [2.45, 2.75) is 33.1 Å². The van der Waals surface area contributed by atoms with Crippen LogP contribution in [-0.4, -0.2) is 39.7 Å². The van der Waals surface area contributed by atoms with Crippen molar-refractivity contribution in [3.63, 3.8) is 0 Å². The van der Waals surface area contributed by atoms with Gasteiger partial charge in [-0.15, -0.1) is 0 Å². The van der Waals surface area contributed by atoms with E-state index < -0.39 is 12.8 Å². The molecule has 142 valence electrons. The summed E-state index contributed by atoms with van der Waals surface area (Å²) in [7, 11) is 1.86. The average molecular weight is 370 g/mol. The first-order valence-corrected chi connectivity index (χ1v) is 7.77. The summed E-state index contributed by atoms with van der Waals surface area (Å²) in [5, 5.41) is 0. The van der Waals surface area contributed by atoms with E-state index in [0.29, 0.717) is 30.0 Å². The van der Waals surface area contributed by atoms with E-state index in [1.54, 1.807) is 26.0 Å². The molecule has 2 aromatic rings. The molecule has 2 rings (SSSR count). The molecule has 1 aromatic carbocycles. The van der Waals surface area contributed by atoms with Gasteiger partial charge in [-0.3, -0.25) is 4.90 Å². The fraction of sp³-hybridized carbons (Fsp3) is 0.438. The first kappa shape index (κ1) is 19.7. The summed E-state index contributed by atoms with van der Waals surface area (Å²) >= 11 is 0. The van der Waals surface area contributed by atoms with Gasteiger partial charge in [-0.1, -0.05) is 12.1 Å². The molecule has 0 aliphatic rings. The van der Waals surface area contributed by atoms with Crippen molar-refractivity contribution in [1.82, 2.24) is 19.9 Å². The summed E-state index contributed by atoms with van der Waals surface area (Å²) in [4.78, 5) is 13.7. The summed E-state index contributed by atoms with van der Waals surface area (Å²) in [6, 6.07) is 3.59. The Kier molecular flexibility index (Phi) is 5.86. The van der Waals surface area contributed by atoms with Gasteiger partial charge in [0.05, 0.1) is 6.54 Å². The summed E-state index contributed by atoms with van der Waals surface area (Å²) in [5.74, 6) is 0.806. The number of ether oxygens (including phenoxy) is 1. The molecule has 0 spiro atoms. The van der Waals surface area contributed by atoms with Crippen molar-refractivity contribution in [2.75, 3.05) is 25.1 Å². The van der Waals surface area contributed by atoms with Crippen LogP contribution in [0.2, 0.25) is 0 Å². The van der Waals surface area contributed by atoms with Crippen molar-refractivity contribution < 1.29 is 17.9 Å². The molecule has 0 amide bonds. The number of alkyl halides is 3. The number of anilines is 2. The van der Waals surface area contributed by atoms with E-state index in [-0.39, 0.29) is 17.6 Å². The van der Waals surface area contributed by atoms with E-state index in [1.165, 1.54) is 0 Å². The van der Waals surface area contributed by atoms with E-state index >= 15 is 0 Å². The highest BCUT2D eigenvalue weighted by atomic mass is 19.4. The van der Waals surface area contributed by atoms with Crippen LogP contribution in [0, 0.1) is 13.8 Å². The van der Waals surface area contributed by atoms with Gasteiger partial charge in [-0.25, -0.2) is 0 Å². The lowest BCUT2D eigenvalue weighted by Gasteiger charge is -2.19. The molecule has 0 bridgehead atoms. The zero-order valence-corrected chi connectivity index (χ0v) is 14.8. The molecule has 26 heavy (non-hydrogen) atoms. The SMILES string of the molecule is Cc1cc(CN(C)Cc2nc(N)nc(N)n2)cc(C)c1OCC(F)(F)F. The Hall–Kier alpha value is -2.62. The van der Waals surface area contributed by atoms with Crippen LogP contribution in [-0.2, 0) is 13.1 Å². The van der Waals surface area contributed by atoms with Crippen molar-refractivity contribution in [3.8, 4) is 5.75 Å². The molecule has 1 heterocycles. The first-order chi connectivity index (χ1) is 12.0. The minimum atomic E-state index is -4.37. The topological polar surface area (TPSA) is 103 Å². The van der Waals surface area contributed by atoms with Crippen LogP contribution >= 0.6 is 0 Å². The second kappa shape index (κ2) is 7.73. The number of nitrogens with zero attached hydrogens (tertiary/aromatic N) is 4. The third-order valence-electron chi connectivity index (χ3n) is 3.48. The van der Waals surface area contributed by atoms with Gasteiger partial charge in [0, 0.05) is 6.54 Å². The highest BCUT2D eigenvalue weighted by molar-refractivity contribution is 5.43. The number of hydrogen-bond acceptors (Lipinski definition) is 7. The maximum absolute atomic E-state index is 12.4. The zero-order chi connectivity index (χ0) is 19.5. The number of nitrogen functional groups attached to an aromatic ring is 2. The molecular formula is C16H21F3N6O. The van der Waals surface area contributed by atoms with Crippen LogP contribution in [0.4, 0.5) is 25.1 Å². The van der Waals surface area contributed by atoms with Crippen LogP contribution in [0.3, 0.4) is 0 Å². The van der Waals surface area contributed by atoms with Gasteiger partial charge in [0.1, 0.15) is 11.6 Å². The number of nitrogens with two attached hydrogens (primary N) is 2. The lowest BCUT2D eigenvalue weighted by atomic mass is 10.1. The summed E-state index contributed by atoms with van der Waals surface area (Å²) in [6.07, 6.45) is -4.37. The Morgan fingerprint density at radius 3 is 2.04 bits per heavy atom. The van der Waals surface area contributed by atoms with Crippen molar-refractivity contribution in [3.05, 3.63) is 34.6 Å². The standard InChI is InChI=1S/C16H21F3N6O/c1-9-4-11(5-10(2)13(9)26-8-16(17,18)19)6-25(3)7-12-22-14(20)24-15(21)23-12/h4-5H,6-8H2,1-3H3,(H4,20,21,22,23,24). The molecular weight excluding hydrogens is 349 g/mol. The van der Waals surface area contributed by atoms with E-state index in [1.807, 2.05) is 11.9 Å². The summed E-state index contributed by atoms with van der Waals surface area (Å²) < 4.78 is 42.0. The van der Waals surface area contributed by atoms with Crippen LogP contribution in [0.5, 0.6) is 5.75 Å². The fourth-order valence-electron chi connectivity index (χ4n) is 2.65. The van der Waals surface area contributed by atoms with Gasteiger partial charge in [-0.2, -0.15) is 28.1 Å². The Bertz CT molecular complexity index is 738. The normalized spacial score (nSPS) is 11.8. The van der Waals surface area contributed by atoms with Gasteiger partial charge in [-0.05, 0) is 37.6 Å². The van der Waals surface area contributed by atoms with Gasteiger partial charge in [0.25, 0.3) is 0 Å². The van der Waals surface area contributed by atoms with Crippen LogP contribution in [0.25, 0.3) is 0 Å². The number of aromatic nitrogens is 3. The number of rotatable bonds is 6. The number of benzene rings is 1. The van der Waals surface area contributed by atoms with E-state index in [4.69, 9.17) is 16.2 Å². The minimum absolute atomic E-state index is 0.0544. The summed E-state index contributed by atoms with van der Waals surface area (Å²) in [5.41, 5.74) is 13.3. The van der Waals surface area contributed by atoms with E-state index in [0.717, 1.165) is 5.56 Å². The molecule has 0 aliphatic carbocycles. The average Bonchev–Trinajstić information content (AvgIpc) is 2.43. The largest absolute Gasteiger partial charge is 0.484 e. The van der Waals surface area contributed by atoms with Gasteiger partial charge < -0.3 is 16.2 Å². The molecule has 0 aliphatic heterocycles. The van der Waals surface area contributed by atoms with Gasteiger partial charge in [0.15, 0.2) is 6.61 Å². The Balaban J connectivity index is 2.07. The lowest BCUT2D eigenvalue weighted by Crippen LogP contribution is -2.21. The van der Waals surface area contributed by atoms with Crippen LogP contribution < -0.4 is 16.2 Å². The van der Waals surface area contributed by atoms with Crippen molar-refractivity contribution in [2.24, 2.45) is 0 Å². The molecule has 0 radical (unpaired) electrons. The predicted octanol–water partition coefficient (Wildman–Crippen LogP) is 2.23. The second-order valence-corrected chi connectivity index (χ2v) is 6.10. The van der Waals surface area contributed by atoms with E-state index in [2.05, 4.69) is 15.0 Å². The number of aryl methyl sites for hydroxylation is 2. The monoisotopic (exact) mass is 370 g/mol. The van der Waals surface area contributed by atoms with Crippen LogP contribution in [0.1, 0.15) is 22.5 Å². The third-order valence-corrected chi connectivity index (χ3v) is 3.48. The maximum atomic E-state index is 12.4. The molecule has 1 aromatic heterocycles. The maximum Gasteiger partial charge on any atom is 0.422 e. The molecule has 0 saturated carbocycles. The predicted molar refractivity (Wildman–Crippen MR) is 91.3 cm³/mol. The lowest BCUT2D eigenvalue weighted by molar-refractivity contribution is -0.153. The Morgan fingerprint density at radius 1 is 1.00 bits per heavy atom. The van der Waals surface area contributed by atoms with Gasteiger partial charge >= 0.3 is 6.18 Å². The number of hydrogen-bond donors (Lipinski definition) is 2. The Labute approximate surface area is 149 Å². The smallest absolute Gasteiger partial charge is 0.422 e. The van der Waals surface area contributed by atoms with Crippen LogP contribution in [0.15, 0.2) is 12.1 Å². The second-order valence-electron chi connectivity index (χ2n) is 6.10. The molecule has 0 saturated heterocycles. The quantitative estimate of drug-likeness (QED) is 0.804. The number of halogens is 3. The summed E-state index contributed by atoms with van der Waals surface area (Å²) in [6.45, 7) is 3.05. The van der Waals surface area contributed by atoms with E-state index in [9.17, 15) is 13.2 Å². The highest BCUT2D eigenvalue weighted by Crippen LogP contribution is 2.27.